The molecule has 0 aliphatic carbocycles. The van der Waals surface area contributed by atoms with E-state index in [-0.39, 0.29) is 65.6 Å². The normalized spacial score (nSPS) is 10.7. The summed E-state index contributed by atoms with van der Waals surface area (Å²) in [7, 11) is -4.48. The average molecular weight is 596 g/mol. The molecule has 9 heteroatoms. The molecule has 0 saturated carbocycles. The van der Waals surface area contributed by atoms with Crippen molar-refractivity contribution in [2.24, 2.45) is 0 Å². The van der Waals surface area contributed by atoms with Crippen molar-refractivity contribution >= 4 is 39.4 Å². The largest absolute Gasteiger partial charge is 2.00 e. The molecule has 0 bridgehead atoms. The first-order valence-corrected chi connectivity index (χ1v) is 17.0. The molecular formula is C30H60MgNaO6S+. The minimum atomic E-state index is -4.48. The first kappa shape index (κ1) is 47.0. The second kappa shape index (κ2) is 39.1. The van der Waals surface area contributed by atoms with Crippen molar-refractivity contribution in [2.75, 3.05) is 6.61 Å². The molecule has 0 spiro atoms. The molecule has 0 unspecified atom stereocenters. The fraction of sp³-hybridized carbons (Fsp3) is 0.967. The van der Waals surface area contributed by atoms with Gasteiger partial charge in [0.1, 0.15) is 0 Å². The van der Waals surface area contributed by atoms with E-state index in [0.29, 0.717) is 6.42 Å². The van der Waals surface area contributed by atoms with Crippen molar-refractivity contribution in [3.05, 3.63) is 0 Å². The standard InChI is InChI=1S/C18H36O2.C12H26O4S.Mg.Na/c1-2-3-4-5-6-7-8-9-10-11-12-13-14-15-16-17-18(19)20;1-2-3-4-5-6-7-8-9-10-11-12-16-17(13,14)15;;/h2-17H2,1H3,(H,19,20);2-12H2,1H3,(H,13,14,15);;/q;;+2;+1/p-2. The molecule has 0 aliphatic rings. The van der Waals surface area contributed by atoms with Gasteiger partial charge in [-0.15, -0.1) is 0 Å². The van der Waals surface area contributed by atoms with Crippen LogP contribution in [0, 0.1) is 0 Å². The number of hydrogen-bond donors (Lipinski definition) is 0. The number of carbonyl (C=O) groups excluding carboxylic acids is 1. The van der Waals surface area contributed by atoms with Gasteiger partial charge in [-0.2, -0.15) is 0 Å². The van der Waals surface area contributed by atoms with E-state index in [9.17, 15) is 22.9 Å². The molecule has 6 nitrogen and oxygen atoms in total. The van der Waals surface area contributed by atoms with Gasteiger partial charge < -0.3 is 14.5 Å². The van der Waals surface area contributed by atoms with Crippen LogP contribution in [0.2, 0.25) is 0 Å². The molecule has 0 radical (unpaired) electrons. The number of aliphatic carboxylic acids is 1. The van der Waals surface area contributed by atoms with E-state index in [2.05, 4.69) is 18.0 Å². The number of hydrogen-bond acceptors (Lipinski definition) is 6. The average Bonchev–Trinajstić information content (AvgIpc) is 2.84. The quantitative estimate of drug-likeness (QED) is 0.0545. The topological polar surface area (TPSA) is 107 Å². The molecule has 0 atom stereocenters. The Balaban J connectivity index is -0.000000302. The summed E-state index contributed by atoms with van der Waals surface area (Å²) in [5.41, 5.74) is 0. The van der Waals surface area contributed by atoms with E-state index >= 15 is 0 Å². The molecule has 0 heterocycles. The number of carbonyl (C=O) groups is 1. The molecule has 0 saturated heterocycles. The van der Waals surface area contributed by atoms with E-state index < -0.39 is 16.4 Å². The van der Waals surface area contributed by atoms with Gasteiger partial charge >= 0.3 is 52.6 Å². The van der Waals surface area contributed by atoms with Gasteiger partial charge in [-0.1, -0.05) is 162 Å². The van der Waals surface area contributed by atoms with Gasteiger partial charge in [-0.05, 0) is 19.3 Å². The summed E-state index contributed by atoms with van der Waals surface area (Å²) in [6.07, 6.45) is 31.6. The van der Waals surface area contributed by atoms with Crippen molar-refractivity contribution in [3.8, 4) is 0 Å². The fourth-order valence-corrected chi connectivity index (χ4v) is 4.71. The van der Waals surface area contributed by atoms with Crippen molar-refractivity contribution in [2.45, 2.75) is 181 Å². The number of carboxylic acid groups (broad SMARTS) is 1. The van der Waals surface area contributed by atoms with Crippen LogP contribution in [-0.2, 0) is 19.4 Å². The van der Waals surface area contributed by atoms with Gasteiger partial charge in [0.2, 0.25) is 10.4 Å². The number of rotatable bonds is 28. The summed E-state index contributed by atoms with van der Waals surface area (Å²) < 4.78 is 34.5. The predicted molar refractivity (Wildman–Crippen MR) is 158 cm³/mol. The third-order valence-electron chi connectivity index (χ3n) is 6.71. The molecule has 0 aliphatic heterocycles. The Labute approximate surface area is 281 Å². The molecule has 39 heavy (non-hydrogen) atoms. The minimum absolute atomic E-state index is 0. The molecule has 0 fully saturated rings. The first-order chi connectivity index (χ1) is 17.8. The fourth-order valence-electron chi connectivity index (χ4n) is 4.39. The van der Waals surface area contributed by atoms with E-state index in [1.165, 1.54) is 128 Å². The van der Waals surface area contributed by atoms with Gasteiger partial charge in [0, 0.05) is 5.97 Å². The molecule has 224 valence electrons. The van der Waals surface area contributed by atoms with Crippen molar-refractivity contribution < 1.29 is 56.6 Å². The summed E-state index contributed by atoms with van der Waals surface area (Å²) >= 11 is 0. The van der Waals surface area contributed by atoms with Gasteiger partial charge in [0.15, 0.2) is 0 Å². The molecule has 0 amide bonds. The SMILES string of the molecule is CCCCCCCCCCCCCCCCCC(=O)[O-].CCCCCCCCCCCCOS(=O)(=O)[O-].[Mg+2].[Na+]. The Hall–Kier alpha value is 1.11. The van der Waals surface area contributed by atoms with Crippen LogP contribution in [0.25, 0.3) is 0 Å². The molecule has 0 aromatic heterocycles. The smallest absolute Gasteiger partial charge is 0.726 e. The predicted octanol–water partition coefficient (Wildman–Crippen LogP) is 5.01. The Morgan fingerprint density at radius 1 is 0.538 bits per heavy atom. The molecule has 0 aromatic carbocycles. The van der Waals surface area contributed by atoms with Crippen LogP contribution in [-0.4, -0.2) is 48.6 Å². The van der Waals surface area contributed by atoms with Crippen LogP contribution >= 0.6 is 0 Å². The van der Waals surface area contributed by atoms with E-state index in [0.717, 1.165) is 25.7 Å². The minimum Gasteiger partial charge on any atom is -0.726 e. The Morgan fingerprint density at radius 3 is 1.05 bits per heavy atom. The monoisotopic (exact) mass is 595 g/mol. The summed E-state index contributed by atoms with van der Waals surface area (Å²) in [6, 6.07) is 0. The second-order valence-corrected chi connectivity index (χ2v) is 11.5. The number of unbranched alkanes of at least 4 members (excludes halogenated alkanes) is 23. The summed E-state index contributed by atoms with van der Waals surface area (Å²) in [4.78, 5) is 10.2. The summed E-state index contributed by atoms with van der Waals surface area (Å²) in [6.45, 7) is 4.51. The van der Waals surface area contributed by atoms with Crippen LogP contribution in [0.4, 0.5) is 0 Å². The Kier molecular flexibility index (Phi) is 47.2. The van der Waals surface area contributed by atoms with E-state index in [1.807, 2.05) is 0 Å². The molecule has 0 N–H and O–H groups in total. The van der Waals surface area contributed by atoms with Crippen LogP contribution in [0.15, 0.2) is 0 Å². The van der Waals surface area contributed by atoms with Crippen LogP contribution < -0.4 is 34.7 Å². The van der Waals surface area contributed by atoms with Gasteiger partial charge in [0.25, 0.3) is 0 Å². The molecular weight excluding hydrogens is 536 g/mol. The van der Waals surface area contributed by atoms with Crippen molar-refractivity contribution in [1.82, 2.24) is 0 Å². The maximum atomic E-state index is 10.2. The van der Waals surface area contributed by atoms with E-state index in [1.54, 1.807) is 0 Å². The van der Waals surface area contributed by atoms with Gasteiger partial charge in [0.05, 0.1) is 6.61 Å². The van der Waals surface area contributed by atoms with Gasteiger partial charge in [-0.3, -0.25) is 4.18 Å². The van der Waals surface area contributed by atoms with Crippen LogP contribution in [0.1, 0.15) is 181 Å². The van der Waals surface area contributed by atoms with Crippen molar-refractivity contribution in [3.63, 3.8) is 0 Å². The Bertz CT molecular complexity index is 564. The van der Waals surface area contributed by atoms with Crippen LogP contribution in [0.5, 0.6) is 0 Å². The van der Waals surface area contributed by atoms with Gasteiger partial charge in [-0.25, -0.2) is 8.42 Å². The summed E-state index contributed by atoms with van der Waals surface area (Å²) in [5.74, 6) is -0.903. The van der Waals surface area contributed by atoms with Crippen LogP contribution in [0.3, 0.4) is 0 Å². The maximum absolute atomic E-state index is 10.2. The first-order valence-electron chi connectivity index (χ1n) is 15.6. The van der Waals surface area contributed by atoms with Crippen molar-refractivity contribution in [1.29, 1.82) is 0 Å². The zero-order valence-corrected chi connectivity index (χ0v) is 30.4. The third kappa shape index (κ3) is 52.2. The zero-order chi connectivity index (χ0) is 27.9. The maximum Gasteiger partial charge on any atom is 2.00 e. The molecule has 0 aromatic rings. The van der Waals surface area contributed by atoms with E-state index in [4.69, 9.17) is 0 Å². The molecule has 0 rings (SSSR count). The Morgan fingerprint density at radius 2 is 0.795 bits per heavy atom. The second-order valence-electron chi connectivity index (χ2n) is 10.5. The number of carboxylic acids is 1. The third-order valence-corrected chi connectivity index (χ3v) is 7.17. The summed E-state index contributed by atoms with van der Waals surface area (Å²) in [5, 5.41) is 10.2. The zero-order valence-electron chi connectivity index (χ0n) is 26.2.